The van der Waals surface area contributed by atoms with Gasteiger partial charge in [-0.1, -0.05) is 18.2 Å². The highest BCUT2D eigenvalue weighted by atomic mass is 32.2. The van der Waals surface area contributed by atoms with Crippen LogP contribution in [-0.4, -0.2) is 48.6 Å². The second kappa shape index (κ2) is 10.5. The highest BCUT2D eigenvalue weighted by molar-refractivity contribution is 7.97. The van der Waals surface area contributed by atoms with E-state index in [-0.39, 0.29) is 0 Å². The molecule has 0 saturated carbocycles. The van der Waals surface area contributed by atoms with Gasteiger partial charge < -0.3 is 14.4 Å². The van der Waals surface area contributed by atoms with E-state index in [2.05, 4.69) is 22.5 Å². The van der Waals surface area contributed by atoms with Gasteiger partial charge in [-0.3, -0.25) is 5.32 Å². The van der Waals surface area contributed by atoms with Gasteiger partial charge in [0.2, 0.25) is 0 Å². The van der Waals surface area contributed by atoms with Crippen molar-refractivity contribution in [3.05, 3.63) is 65.9 Å². The topological polar surface area (TPSA) is 76.6 Å². The molecule has 1 aliphatic rings. The first-order chi connectivity index (χ1) is 15.6. The van der Waals surface area contributed by atoms with Gasteiger partial charge in [-0.15, -0.1) is 0 Å². The van der Waals surface area contributed by atoms with Crippen molar-refractivity contribution < 1.29 is 14.3 Å². The van der Waals surface area contributed by atoms with Crippen molar-refractivity contribution in [2.45, 2.75) is 12.7 Å². The number of carbonyl (C=O) groups excluding carboxylic acids is 1. The van der Waals surface area contributed by atoms with E-state index in [0.717, 1.165) is 41.5 Å². The van der Waals surface area contributed by atoms with Crippen LogP contribution >= 0.6 is 11.8 Å². The van der Waals surface area contributed by atoms with Crippen LogP contribution in [0, 0.1) is 6.92 Å². The number of nitrogens with zero attached hydrogens (tertiary/aromatic N) is 3. The molecule has 1 amide bonds. The summed E-state index contributed by atoms with van der Waals surface area (Å²) >= 11 is 1.73. The van der Waals surface area contributed by atoms with Gasteiger partial charge in [-0.05, 0) is 49.1 Å². The van der Waals surface area contributed by atoms with Crippen LogP contribution in [0.2, 0.25) is 0 Å². The number of nitrogens with one attached hydrogen (secondary N) is 1. The Labute approximate surface area is 192 Å². The summed E-state index contributed by atoms with van der Waals surface area (Å²) in [6.45, 7) is 4.99. The Kier molecular flexibility index (Phi) is 7.24. The zero-order valence-corrected chi connectivity index (χ0v) is 19.0. The molecule has 1 fully saturated rings. The number of hydrogen-bond donors (Lipinski definition) is 1. The van der Waals surface area contributed by atoms with Crippen LogP contribution in [0.5, 0.6) is 5.75 Å². The monoisotopic (exact) mass is 450 g/mol. The molecule has 3 aromatic rings. The van der Waals surface area contributed by atoms with Crippen LogP contribution in [0.25, 0.3) is 11.4 Å². The first kappa shape index (κ1) is 22.1. The van der Waals surface area contributed by atoms with Crippen molar-refractivity contribution in [2.75, 3.05) is 42.8 Å². The van der Waals surface area contributed by atoms with Gasteiger partial charge in [0.05, 0.1) is 18.9 Å². The van der Waals surface area contributed by atoms with E-state index in [0.29, 0.717) is 30.5 Å². The molecule has 1 saturated heterocycles. The van der Waals surface area contributed by atoms with E-state index >= 15 is 0 Å². The summed E-state index contributed by atoms with van der Waals surface area (Å²) in [7, 11) is 0. The maximum Gasteiger partial charge on any atom is 0.417 e. The van der Waals surface area contributed by atoms with Crippen LogP contribution in [-0.2, 0) is 10.5 Å². The van der Waals surface area contributed by atoms with Crippen molar-refractivity contribution in [3.63, 3.8) is 0 Å². The van der Waals surface area contributed by atoms with Crippen molar-refractivity contribution in [3.8, 4) is 17.1 Å². The average molecular weight is 451 g/mol. The molecule has 8 heteroatoms. The normalized spacial score (nSPS) is 13.6. The zero-order valence-electron chi connectivity index (χ0n) is 18.2. The van der Waals surface area contributed by atoms with E-state index in [1.807, 2.05) is 43.3 Å². The second-order valence-corrected chi connectivity index (χ2v) is 8.30. The molecule has 1 aromatic heterocycles. The SMILES string of the molecule is CSCc1cc(N2CCOCC2)nc(-c2ccc(NC(=O)Oc3ccccc3)c(C)c2)n1. The Balaban J connectivity index is 1.55. The maximum absolute atomic E-state index is 12.2. The zero-order chi connectivity index (χ0) is 22.3. The van der Waals surface area contributed by atoms with E-state index in [1.165, 1.54) is 0 Å². The van der Waals surface area contributed by atoms with Gasteiger partial charge in [0.15, 0.2) is 5.82 Å². The van der Waals surface area contributed by atoms with Crippen molar-refractivity contribution in [1.29, 1.82) is 0 Å². The Bertz CT molecular complexity index is 1070. The minimum Gasteiger partial charge on any atom is -0.410 e. The number of amides is 1. The van der Waals surface area contributed by atoms with Gasteiger partial charge >= 0.3 is 6.09 Å². The second-order valence-electron chi connectivity index (χ2n) is 7.43. The van der Waals surface area contributed by atoms with Gasteiger partial charge in [0.25, 0.3) is 0 Å². The fourth-order valence-corrected chi connectivity index (χ4v) is 3.91. The smallest absolute Gasteiger partial charge is 0.410 e. The summed E-state index contributed by atoms with van der Waals surface area (Å²) in [5.74, 6) is 2.92. The van der Waals surface area contributed by atoms with E-state index in [4.69, 9.17) is 19.4 Å². The van der Waals surface area contributed by atoms with Crippen molar-refractivity contribution >= 4 is 29.4 Å². The highest BCUT2D eigenvalue weighted by Gasteiger charge is 2.16. The van der Waals surface area contributed by atoms with Gasteiger partial charge in [-0.25, -0.2) is 14.8 Å². The van der Waals surface area contributed by atoms with Crippen molar-refractivity contribution in [1.82, 2.24) is 9.97 Å². The molecule has 0 unspecified atom stereocenters. The largest absolute Gasteiger partial charge is 0.417 e. The Morgan fingerprint density at radius 3 is 2.62 bits per heavy atom. The molecule has 7 nitrogen and oxygen atoms in total. The third-order valence-electron chi connectivity index (χ3n) is 5.07. The number of para-hydroxylation sites is 1. The molecule has 0 radical (unpaired) electrons. The number of morpholine rings is 1. The lowest BCUT2D eigenvalue weighted by molar-refractivity contribution is 0.122. The predicted octanol–water partition coefficient (Wildman–Crippen LogP) is 4.76. The highest BCUT2D eigenvalue weighted by Crippen LogP contribution is 2.26. The molecule has 1 aliphatic heterocycles. The van der Waals surface area contributed by atoms with Crippen LogP contribution in [0.1, 0.15) is 11.3 Å². The minimum absolute atomic E-state index is 0.494. The van der Waals surface area contributed by atoms with Gasteiger partial charge in [-0.2, -0.15) is 11.8 Å². The molecule has 32 heavy (non-hydrogen) atoms. The van der Waals surface area contributed by atoms with Crippen molar-refractivity contribution in [2.24, 2.45) is 0 Å². The molecular weight excluding hydrogens is 424 g/mol. The molecule has 166 valence electrons. The molecule has 2 aromatic carbocycles. The first-order valence-corrected chi connectivity index (χ1v) is 11.9. The van der Waals surface area contributed by atoms with Crippen LogP contribution < -0.4 is 15.0 Å². The summed E-state index contributed by atoms with van der Waals surface area (Å²) in [6, 6.07) is 16.8. The number of ether oxygens (including phenoxy) is 2. The molecular formula is C24H26N4O3S. The number of thioether (sulfide) groups is 1. The Morgan fingerprint density at radius 1 is 1.12 bits per heavy atom. The predicted molar refractivity (Wildman–Crippen MR) is 129 cm³/mol. The molecule has 1 N–H and O–H groups in total. The third-order valence-corrected chi connectivity index (χ3v) is 5.65. The number of anilines is 2. The Hall–Kier alpha value is -3.10. The third kappa shape index (κ3) is 5.57. The number of carbonyl (C=O) groups is 1. The van der Waals surface area contributed by atoms with E-state index in [9.17, 15) is 4.79 Å². The average Bonchev–Trinajstić information content (AvgIpc) is 2.81. The first-order valence-electron chi connectivity index (χ1n) is 10.5. The number of hydrogen-bond acceptors (Lipinski definition) is 7. The van der Waals surface area contributed by atoms with Gasteiger partial charge in [0.1, 0.15) is 11.6 Å². The maximum atomic E-state index is 12.2. The number of rotatable bonds is 6. The summed E-state index contributed by atoms with van der Waals surface area (Å²) < 4.78 is 10.8. The quantitative estimate of drug-likeness (QED) is 0.580. The lowest BCUT2D eigenvalue weighted by Gasteiger charge is -2.28. The summed E-state index contributed by atoms with van der Waals surface area (Å²) in [4.78, 5) is 24.1. The fraction of sp³-hybridized carbons (Fsp3) is 0.292. The molecule has 2 heterocycles. The van der Waals surface area contributed by atoms with E-state index < -0.39 is 6.09 Å². The molecule has 0 spiro atoms. The summed E-state index contributed by atoms with van der Waals surface area (Å²) in [5.41, 5.74) is 3.49. The molecule has 0 bridgehead atoms. The van der Waals surface area contributed by atoms with E-state index in [1.54, 1.807) is 23.9 Å². The van der Waals surface area contributed by atoms with Crippen LogP contribution in [0.3, 0.4) is 0 Å². The summed E-state index contributed by atoms with van der Waals surface area (Å²) in [5, 5.41) is 2.80. The fourth-order valence-electron chi connectivity index (χ4n) is 3.46. The molecule has 0 aliphatic carbocycles. The number of aryl methyl sites for hydroxylation is 1. The number of aromatic nitrogens is 2. The lowest BCUT2D eigenvalue weighted by atomic mass is 10.1. The van der Waals surface area contributed by atoms with Crippen LogP contribution in [0.15, 0.2) is 54.6 Å². The number of benzene rings is 2. The molecule has 4 rings (SSSR count). The lowest BCUT2D eigenvalue weighted by Crippen LogP contribution is -2.37. The Morgan fingerprint density at radius 2 is 1.91 bits per heavy atom. The van der Waals surface area contributed by atoms with Crippen LogP contribution in [0.4, 0.5) is 16.3 Å². The van der Waals surface area contributed by atoms with Gasteiger partial charge in [0, 0.05) is 36.2 Å². The molecule has 0 atom stereocenters. The summed E-state index contributed by atoms with van der Waals surface area (Å²) in [6.07, 6.45) is 1.54. The standard InChI is InChI=1S/C24H26N4O3S/c1-17-14-18(8-9-21(17)26-24(29)31-20-6-4-3-5-7-20)23-25-19(16-32-2)15-22(27-23)28-10-12-30-13-11-28/h3-9,14-15H,10-13,16H2,1-2H3,(H,26,29). The minimum atomic E-state index is -0.528.